The zero-order valence-electron chi connectivity index (χ0n) is 17.4. The third-order valence-electron chi connectivity index (χ3n) is 5.23. The van der Waals surface area contributed by atoms with Crippen molar-refractivity contribution in [1.82, 2.24) is 4.98 Å². The Morgan fingerprint density at radius 1 is 1.12 bits per heavy atom. The summed E-state index contributed by atoms with van der Waals surface area (Å²) in [4.78, 5) is 27.5. The van der Waals surface area contributed by atoms with Gasteiger partial charge in [-0.2, -0.15) is 5.26 Å². The number of non-ortho nitro benzene ring substituents is 1. The number of aromatic nitrogens is 1. The van der Waals surface area contributed by atoms with Gasteiger partial charge in [0.15, 0.2) is 0 Å². The zero-order chi connectivity index (χ0) is 23.7. The van der Waals surface area contributed by atoms with Gasteiger partial charge in [-0.3, -0.25) is 10.1 Å². The quantitative estimate of drug-likeness (QED) is 0.112. The van der Waals surface area contributed by atoms with E-state index in [1.807, 2.05) is 30.3 Å². The Morgan fingerprint density at radius 3 is 2.68 bits per heavy atom. The smallest absolute Gasteiger partial charge is 0.345 e. The van der Waals surface area contributed by atoms with E-state index in [1.165, 1.54) is 29.7 Å². The van der Waals surface area contributed by atoms with Gasteiger partial charge in [0.2, 0.25) is 0 Å². The standard InChI is InChI=1S/C25H14N4O4S/c26-12-16(13-27-17-6-8-18(9-7-17)29(31)32)24-28-22(14-34-24)21-11-20-19-4-2-1-3-15(19)5-10-23(20)33-25(21)30/h1-11,13-14,27H. The Morgan fingerprint density at radius 2 is 1.91 bits per heavy atom. The molecule has 5 rings (SSSR count). The summed E-state index contributed by atoms with van der Waals surface area (Å²) in [6.07, 6.45) is 1.47. The van der Waals surface area contributed by atoms with Crippen LogP contribution in [0.3, 0.4) is 0 Å². The van der Waals surface area contributed by atoms with Gasteiger partial charge in [-0.1, -0.05) is 30.3 Å². The molecule has 1 N–H and O–H groups in total. The molecule has 0 saturated heterocycles. The van der Waals surface area contributed by atoms with Crippen molar-refractivity contribution in [1.29, 1.82) is 5.26 Å². The normalized spacial score (nSPS) is 11.4. The molecular formula is C25H14N4O4S. The molecule has 9 heteroatoms. The van der Waals surface area contributed by atoms with Crippen LogP contribution in [-0.4, -0.2) is 9.91 Å². The van der Waals surface area contributed by atoms with Crippen molar-refractivity contribution >= 4 is 50.0 Å². The summed E-state index contributed by atoms with van der Waals surface area (Å²) in [5.74, 6) is 0. The molecule has 3 aromatic carbocycles. The van der Waals surface area contributed by atoms with Gasteiger partial charge in [0, 0.05) is 34.8 Å². The highest BCUT2D eigenvalue weighted by atomic mass is 32.1. The highest BCUT2D eigenvalue weighted by Crippen LogP contribution is 2.30. The van der Waals surface area contributed by atoms with E-state index in [0.717, 1.165) is 16.2 Å². The minimum Gasteiger partial charge on any atom is -0.422 e. The van der Waals surface area contributed by atoms with Crippen LogP contribution in [-0.2, 0) is 0 Å². The Bertz CT molecular complexity index is 1690. The first-order valence-corrected chi connectivity index (χ1v) is 10.9. The molecule has 0 aliphatic heterocycles. The Labute approximate surface area is 196 Å². The molecule has 0 amide bonds. The number of rotatable bonds is 5. The van der Waals surface area contributed by atoms with Crippen LogP contribution in [0.2, 0.25) is 0 Å². The minimum atomic E-state index is -0.508. The van der Waals surface area contributed by atoms with Crippen LogP contribution in [0, 0.1) is 21.4 Å². The molecule has 0 aliphatic rings. The lowest BCUT2D eigenvalue weighted by Gasteiger charge is -2.04. The summed E-state index contributed by atoms with van der Waals surface area (Å²) >= 11 is 1.22. The van der Waals surface area contributed by atoms with Crippen LogP contribution in [0.4, 0.5) is 11.4 Å². The number of allylic oxidation sites excluding steroid dienone is 1. The Kier molecular flexibility index (Phi) is 5.33. The van der Waals surface area contributed by atoms with Gasteiger partial charge < -0.3 is 9.73 Å². The van der Waals surface area contributed by atoms with Crippen LogP contribution in [0.25, 0.3) is 38.6 Å². The first-order valence-electron chi connectivity index (χ1n) is 10.1. The molecule has 34 heavy (non-hydrogen) atoms. The average Bonchev–Trinajstić information content (AvgIpc) is 3.34. The molecule has 0 radical (unpaired) electrons. The van der Waals surface area contributed by atoms with E-state index < -0.39 is 10.5 Å². The predicted molar refractivity (Wildman–Crippen MR) is 131 cm³/mol. The second-order valence-electron chi connectivity index (χ2n) is 7.30. The lowest BCUT2D eigenvalue weighted by Crippen LogP contribution is -2.03. The zero-order valence-corrected chi connectivity index (χ0v) is 18.2. The average molecular weight is 466 g/mol. The molecule has 0 atom stereocenters. The largest absolute Gasteiger partial charge is 0.422 e. The van der Waals surface area contributed by atoms with Crippen molar-refractivity contribution in [2.75, 3.05) is 5.32 Å². The fourth-order valence-corrected chi connectivity index (χ4v) is 4.33. The van der Waals surface area contributed by atoms with Crippen molar-refractivity contribution < 1.29 is 9.34 Å². The number of hydrogen-bond acceptors (Lipinski definition) is 8. The molecule has 0 bridgehead atoms. The number of anilines is 1. The topological polar surface area (TPSA) is 122 Å². The third kappa shape index (κ3) is 3.90. The summed E-state index contributed by atoms with van der Waals surface area (Å²) in [6, 6.07) is 21.2. The number of thiazole rings is 1. The van der Waals surface area contributed by atoms with E-state index in [4.69, 9.17) is 4.42 Å². The number of benzene rings is 3. The van der Waals surface area contributed by atoms with Crippen molar-refractivity contribution in [2.45, 2.75) is 0 Å². The fraction of sp³-hybridized carbons (Fsp3) is 0. The summed E-state index contributed by atoms with van der Waals surface area (Å²) < 4.78 is 5.55. The molecule has 2 aromatic heterocycles. The van der Waals surface area contributed by atoms with Gasteiger partial charge in [0.1, 0.15) is 22.2 Å². The van der Waals surface area contributed by atoms with E-state index in [0.29, 0.717) is 27.5 Å². The highest BCUT2D eigenvalue weighted by Gasteiger charge is 2.15. The number of nitro benzene ring substituents is 1. The summed E-state index contributed by atoms with van der Waals surface area (Å²) in [5.41, 5.74) is 1.52. The van der Waals surface area contributed by atoms with Gasteiger partial charge in [0.25, 0.3) is 5.69 Å². The van der Waals surface area contributed by atoms with E-state index >= 15 is 0 Å². The third-order valence-corrected chi connectivity index (χ3v) is 6.11. The Hall–Kier alpha value is -4.81. The van der Waals surface area contributed by atoms with Crippen LogP contribution in [0.5, 0.6) is 0 Å². The van der Waals surface area contributed by atoms with Crippen LogP contribution in [0.15, 0.2) is 87.5 Å². The molecule has 2 heterocycles. The van der Waals surface area contributed by atoms with E-state index in [2.05, 4.69) is 16.4 Å². The highest BCUT2D eigenvalue weighted by molar-refractivity contribution is 7.11. The van der Waals surface area contributed by atoms with E-state index in [-0.39, 0.29) is 11.3 Å². The maximum absolute atomic E-state index is 12.7. The lowest BCUT2D eigenvalue weighted by molar-refractivity contribution is -0.384. The van der Waals surface area contributed by atoms with E-state index in [1.54, 1.807) is 29.6 Å². The maximum atomic E-state index is 12.7. The summed E-state index contributed by atoms with van der Waals surface area (Å²) in [6.45, 7) is 0. The number of fused-ring (bicyclic) bond motifs is 3. The maximum Gasteiger partial charge on any atom is 0.345 e. The summed E-state index contributed by atoms with van der Waals surface area (Å²) in [5, 5.41) is 28.3. The molecular weight excluding hydrogens is 452 g/mol. The minimum absolute atomic E-state index is 0.0263. The first-order chi connectivity index (χ1) is 16.5. The van der Waals surface area contributed by atoms with Crippen molar-refractivity contribution in [3.8, 4) is 17.3 Å². The fourth-order valence-electron chi connectivity index (χ4n) is 3.55. The molecule has 164 valence electrons. The summed E-state index contributed by atoms with van der Waals surface area (Å²) in [7, 11) is 0. The molecule has 0 saturated carbocycles. The molecule has 0 aliphatic carbocycles. The number of nitrogens with one attached hydrogen (secondary N) is 1. The monoisotopic (exact) mass is 466 g/mol. The van der Waals surface area contributed by atoms with Gasteiger partial charge in [0.05, 0.1) is 16.2 Å². The number of nitriles is 1. The van der Waals surface area contributed by atoms with Gasteiger partial charge >= 0.3 is 5.63 Å². The van der Waals surface area contributed by atoms with Crippen LogP contribution in [0.1, 0.15) is 5.01 Å². The molecule has 8 nitrogen and oxygen atoms in total. The van der Waals surface area contributed by atoms with Gasteiger partial charge in [-0.05, 0) is 35.0 Å². The molecule has 0 fully saturated rings. The second-order valence-corrected chi connectivity index (χ2v) is 8.16. The van der Waals surface area contributed by atoms with E-state index in [9.17, 15) is 20.2 Å². The van der Waals surface area contributed by atoms with Crippen molar-refractivity contribution in [3.63, 3.8) is 0 Å². The molecule has 0 spiro atoms. The van der Waals surface area contributed by atoms with Gasteiger partial charge in [-0.25, -0.2) is 9.78 Å². The second kappa shape index (κ2) is 8.61. The number of nitro groups is 1. The van der Waals surface area contributed by atoms with Crippen molar-refractivity contribution in [3.05, 3.63) is 104 Å². The number of hydrogen-bond donors (Lipinski definition) is 1. The lowest BCUT2D eigenvalue weighted by atomic mass is 10.0. The Balaban J connectivity index is 1.48. The van der Waals surface area contributed by atoms with Crippen LogP contribution < -0.4 is 10.9 Å². The predicted octanol–water partition coefficient (Wildman–Crippen LogP) is 5.95. The number of nitrogens with zero attached hydrogens (tertiary/aromatic N) is 3. The first kappa shape index (κ1) is 21.1. The van der Waals surface area contributed by atoms with Crippen molar-refractivity contribution in [2.24, 2.45) is 0 Å². The SMILES string of the molecule is N#CC(=CNc1ccc([N+](=O)[O-])cc1)c1nc(-c2cc3c(ccc4ccccc43)oc2=O)cs1. The van der Waals surface area contributed by atoms with Gasteiger partial charge in [-0.15, -0.1) is 11.3 Å². The van der Waals surface area contributed by atoms with Crippen LogP contribution >= 0.6 is 11.3 Å². The molecule has 5 aromatic rings. The molecule has 0 unspecified atom stereocenters.